The van der Waals surface area contributed by atoms with E-state index in [2.05, 4.69) is 4.72 Å². The molecule has 0 amide bonds. The van der Waals surface area contributed by atoms with Gasteiger partial charge in [-0.05, 0) is 35.4 Å². The Morgan fingerprint density at radius 2 is 1.92 bits per heavy atom. The predicted octanol–water partition coefficient (Wildman–Crippen LogP) is 3.02. The molecule has 2 aromatic carbocycles. The van der Waals surface area contributed by atoms with Crippen molar-refractivity contribution in [3.8, 4) is 0 Å². The molecule has 1 aliphatic rings. The lowest BCUT2D eigenvalue weighted by Crippen LogP contribution is -2.39. The highest BCUT2D eigenvalue weighted by Crippen LogP contribution is 2.34. The van der Waals surface area contributed by atoms with E-state index in [0.717, 1.165) is 0 Å². The molecule has 1 fully saturated rings. The van der Waals surface area contributed by atoms with Crippen molar-refractivity contribution in [1.82, 2.24) is 9.79 Å². The lowest BCUT2D eigenvalue weighted by molar-refractivity contribution is -0.110. The summed E-state index contributed by atoms with van der Waals surface area (Å²) in [6.45, 7) is -0.0192. The maximum absolute atomic E-state index is 13.4. The minimum absolute atomic E-state index is 0.0275. The molecule has 140 valence electrons. The third-order valence-corrected chi connectivity index (χ3v) is 6.29. The number of hydroxylamine groups is 2. The summed E-state index contributed by atoms with van der Waals surface area (Å²) in [6.07, 6.45) is 0. The summed E-state index contributed by atoms with van der Waals surface area (Å²) in [4.78, 5) is 5.38. The Labute approximate surface area is 155 Å². The van der Waals surface area contributed by atoms with E-state index < -0.39 is 32.9 Å². The fourth-order valence-electron chi connectivity index (χ4n) is 2.87. The first-order valence-electron chi connectivity index (χ1n) is 7.81. The summed E-state index contributed by atoms with van der Waals surface area (Å²) in [5.74, 6) is -0.971. The first kappa shape index (κ1) is 19.2. The van der Waals surface area contributed by atoms with Crippen molar-refractivity contribution in [3.63, 3.8) is 0 Å². The molecule has 0 saturated carbocycles. The van der Waals surface area contributed by atoms with Crippen molar-refractivity contribution in [3.05, 3.63) is 70.2 Å². The zero-order chi connectivity index (χ0) is 18.9. The minimum atomic E-state index is -3.77. The van der Waals surface area contributed by atoms with Crippen LogP contribution >= 0.6 is 11.6 Å². The van der Waals surface area contributed by atoms with Crippen LogP contribution in [-0.4, -0.2) is 32.4 Å². The van der Waals surface area contributed by atoms with Crippen LogP contribution in [0.2, 0.25) is 5.02 Å². The Morgan fingerprint density at radius 3 is 2.58 bits per heavy atom. The molecule has 0 aliphatic carbocycles. The second-order valence-corrected chi connectivity index (χ2v) is 8.38. The average Bonchev–Trinajstić information content (AvgIpc) is 2.99. The molecule has 3 rings (SSSR count). The Hall–Kier alpha value is -1.58. The van der Waals surface area contributed by atoms with Gasteiger partial charge in [0.25, 0.3) is 0 Å². The molecule has 2 aromatic rings. The number of halogens is 3. The highest BCUT2D eigenvalue weighted by molar-refractivity contribution is 7.90. The molecule has 1 aliphatic heterocycles. The first-order valence-corrected chi connectivity index (χ1v) is 9.74. The van der Waals surface area contributed by atoms with Gasteiger partial charge in [-0.25, -0.2) is 21.9 Å². The van der Waals surface area contributed by atoms with Crippen molar-refractivity contribution in [2.24, 2.45) is 0 Å². The van der Waals surface area contributed by atoms with E-state index in [1.807, 2.05) is 0 Å². The maximum Gasteiger partial charge on any atom is 0.219 e. The molecular weight excluding hydrogens is 386 g/mol. The highest BCUT2D eigenvalue weighted by atomic mass is 35.5. The van der Waals surface area contributed by atoms with Gasteiger partial charge in [-0.15, -0.1) is 0 Å². The number of nitrogens with zero attached hydrogens (tertiary/aromatic N) is 1. The summed E-state index contributed by atoms with van der Waals surface area (Å²) in [5.41, 5.74) is 1.16. The molecule has 0 radical (unpaired) electrons. The Kier molecular flexibility index (Phi) is 5.59. The number of hydrogen-bond acceptors (Lipinski definition) is 4. The molecule has 2 atom stereocenters. The summed E-state index contributed by atoms with van der Waals surface area (Å²) < 4.78 is 54.4. The number of hydrogen-bond donors (Lipinski definition) is 1. The van der Waals surface area contributed by atoms with E-state index >= 15 is 0 Å². The van der Waals surface area contributed by atoms with Crippen molar-refractivity contribution < 1.29 is 22.0 Å². The quantitative estimate of drug-likeness (QED) is 0.835. The van der Waals surface area contributed by atoms with Gasteiger partial charge >= 0.3 is 0 Å². The maximum atomic E-state index is 13.4. The van der Waals surface area contributed by atoms with Gasteiger partial charge in [0, 0.05) is 13.6 Å². The molecule has 1 saturated heterocycles. The van der Waals surface area contributed by atoms with Gasteiger partial charge < -0.3 is 0 Å². The molecule has 1 heterocycles. The largest absolute Gasteiger partial charge is 0.297 e. The van der Waals surface area contributed by atoms with Crippen LogP contribution in [0.25, 0.3) is 0 Å². The van der Waals surface area contributed by atoms with Crippen molar-refractivity contribution >= 4 is 21.6 Å². The molecule has 5 nitrogen and oxygen atoms in total. The van der Waals surface area contributed by atoms with Crippen LogP contribution in [0.3, 0.4) is 0 Å². The summed E-state index contributed by atoms with van der Waals surface area (Å²) >= 11 is 5.83. The topological polar surface area (TPSA) is 58.6 Å². The van der Waals surface area contributed by atoms with Crippen LogP contribution in [0.5, 0.6) is 0 Å². The lowest BCUT2D eigenvalue weighted by Gasteiger charge is -2.23. The molecular formula is C17H17ClF2N2O3S. The number of rotatable bonds is 5. The van der Waals surface area contributed by atoms with Crippen molar-refractivity contribution in [1.29, 1.82) is 0 Å². The van der Waals surface area contributed by atoms with Gasteiger partial charge in [0.1, 0.15) is 16.9 Å². The molecule has 9 heteroatoms. The second-order valence-electron chi connectivity index (χ2n) is 5.99. The van der Waals surface area contributed by atoms with Gasteiger partial charge in [0.2, 0.25) is 10.0 Å². The fourth-order valence-corrected chi connectivity index (χ4v) is 4.55. The van der Waals surface area contributed by atoms with Crippen LogP contribution in [0.4, 0.5) is 8.78 Å². The molecule has 0 unspecified atom stereocenters. The van der Waals surface area contributed by atoms with Gasteiger partial charge in [-0.3, -0.25) is 4.84 Å². The van der Waals surface area contributed by atoms with E-state index in [-0.39, 0.29) is 18.2 Å². The number of nitrogens with one attached hydrogen (secondary N) is 1. The summed E-state index contributed by atoms with van der Waals surface area (Å²) in [5, 5.41) is 0.429. The smallest absolute Gasteiger partial charge is 0.219 e. The number of sulfonamides is 1. The zero-order valence-corrected chi connectivity index (χ0v) is 15.4. The molecule has 0 aromatic heterocycles. The van der Waals surface area contributed by atoms with E-state index in [4.69, 9.17) is 16.4 Å². The zero-order valence-electron chi connectivity index (χ0n) is 13.8. The SMILES string of the molecule is CN1OC[C@H](S(=O)(=O)NCc2ccc(F)cc2)[C@H]1c1ccc(F)c(Cl)c1. The van der Waals surface area contributed by atoms with E-state index in [0.29, 0.717) is 11.1 Å². The average molecular weight is 403 g/mol. The van der Waals surface area contributed by atoms with Gasteiger partial charge in [0.05, 0.1) is 17.7 Å². The van der Waals surface area contributed by atoms with Crippen LogP contribution < -0.4 is 4.72 Å². The van der Waals surface area contributed by atoms with Crippen molar-refractivity contribution in [2.45, 2.75) is 17.8 Å². The van der Waals surface area contributed by atoms with Crippen LogP contribution in [0, 0.1) is 11.6 Å². The molecule has 26 heavy (non-hydrogen) atoms. The third-order valence-electron chi connectivity index (χ3n) is 4.26. The van der Waals surface area contributed by atoms with Gasteiger partial charge in [-0.2, -0.15) is 5.06 Å². The lowest BCUT2D eigenvalue weighted by atomic mass is 10.0. The van der Waals surface area contributed by atoms with E-state index in [1.54, 1.807) is 7.05 Å². The fraction of sp³-hybridized carbons (Fsp3) is 0.294. The highest BCUT2D eigenvalue weighted by Gasteiger charge is 2.43. The normalized spacial score (nSPS) is 21.2. The van der Waals surface area contributed by atoms with Gasteiger partial charge in [-0.1, -0.05) is 29.8 Å². The van der Waals surface area contributed by atoms with E-state index in [1.165, 1.54) is 47.5 Å². The Bertz CT molecular complexity index is 893. The summed E-state index contributed by atoms with van der Waals surface area (Å²) in [6, 6.07) is 8.98. The predicted molar refractivity (Wildman–Crippen MR) is 93.8 cm³/mol. The number of benzene rings is 2. The summed E-state index contributed by atoms with van der Waals surface area (Å²) in [7, 11) is -2.16. The van der Waals surface area contributed by atoms with Crippen LogP contribution in [0.1, 0.15) is 17.2 Å². The monoisotopic (exact) mass is 402 g/mol. The minimum Gasteiger partial charge on any atom is -0.297 e. The van der Waals surface area contributed by atoms with Gasteiger partial charge in [0.15, 0.2) is 0 Å². The van der Waals surface area contributed by atoms with Crippen LogP contribution in [0.15, 0.2) is 42.5 Å². The molecule has 1 N–H and O–H groups in total. The standard InChI is InChI=1S/C17H17ClF2N2O3S/c1-22-17(12-4-7-15(20)14(18)8-12)16(10-25-22)26(23,24)21-9-11-2-5-13(19)6-3-11/h2-8,16-17,21H,9-10H2,1H3/t16-,17+/m0/s1. The van der Waals surface area contributed by atoms with E-state index in [9.17, 15) is 17.2 Å². The third kappa shape index (κ3) is 4.05. The first-order chi connectivity index (χ1) is 12.3. The Morgan fingerprint density at radius 1 is 1.23 bits per heavy atom. The molecule has 0 spiro atoms. The van der Waals surface area contributed by atoms with Crippen LogP contribution in [-0.2, 0) is 21.4 Å². The molecule has 0 bridgehead atoms. The Balaban J connectivity index is 1.80. The van der Waals surface area contributed by atoms with Crippen molar-refractivity contribution in [2.75, 3.05) is 13.7 Å². The second kappa shape index (κ2) is 7.58.